The second kappa shape index (κ2) is 7.04. The van der Waals surface area contributed by atoms with Crippen LogP contribution in [0.15, 0.2) is 57.7 Å². The number of hydrogen-bond donors (Lipinski definition) is 0. The minimum atomic E-state index is 0.446. The quantitative estimate of drug-likeness (QED) is 0.483. The number of thiophene rings is 1. The van der Waals surface area contributed by atoms with Crippen molar-refractivity contribution < 1.29 is 9.05 Å². The van der Waals surface area contributed by atoms with Gasteiger partial charge in [0.25, 0.3) is 5.89 Å². The molecule has 0 radical (unpaired) electrons. The van der Waals surface area contributed by atoms with E-state index in [2.05, 4.69) is 21.4 Å². The lowest BCUT2D eigenvalue weighted by atomic mass is 10.2. The van der Waals surface area contributed by atoms with Crippen LogP contribution in [0.25, 0.3) is 22.6 Å². The third-order valence-corrected chi connectivity index (χ3v) is 4.88. The summed E-state index contributed by atoms with van der Waals surface area (Å²) in [4.78, 5) is 6.50. The van der Waals surface area contributed by atoms with Crippen molar-refractivity contribution in [3.63, 3.8) is 0 Å². The van der Waals surface area contributed by atoms with E-state index in [-0.39, 0.29) is 0 Å². The first-order chi connectivity index (χ1) is 12.3. The summed E-state index contributed by atoms with van der Waals surface area (Å²) < 4.78 is 10.3. The van der Waals surface area contributed by atoms with Gasteiger partial charge in [-0.15, -0.1) is 11.3 Å². The summed E-state index contributed by atoms with van der Waals surface area (Å²) in [6, 6.07) is 13.7. The maximum absolute atomic E-state index is 6.25. The lowest BCUT2D eigenvalue weighted by Crippen LogP contribution is -1.88. The molecule has 0 unspecified atom stereocenters. The molecular weight excluding hydrogens is 358 g/mol. The van der Waals surface area contributed by atoms with Gasteiger partial charge in [-0.3, -0.25) is 0 Å². The van der Waals surface area contributed by atoms with Crippen molar-refractivity contribution in [1.82, 2.24) is 15.3 Å². The lowest BCUT2D eigenvalue weighted by molar-refractivity contribution is 0.379. The SMILES string of the molecule is Clc1ccccc1-c1ccc(/C=C/c2nc(Cc3ccno3)no2)s1. The maximum Gasteiger partial charge on any atom is 0.250 e. The van der Waals surface area contributed by atoms with Gasteiger partial charge in [0, 0.05) is 32.5 Å². The van der Waals surface area contributed by atoms with Crippen LogP contribution in [-0.2, 0) is 6.42 Å². The van der Waals surface area contributed by atoms with Crippen LogP contribution in [0.4, 0.5) is 0 Å². The monoisotopic (exact) mass is 369 g/mol. The first-order valence-corrected chi connectivity index (χ1v) is 8.72. The van der Waals surface area contributed by atoms with Gasteiger partial charge in [-0.1, -0.05) is 40.1 Å². The molecule has 0 N–H and O–H groups in total. The molecule has 7 heteroatoms. The molecule has 25 heavy (non-hydrogen) atoms. The molecule has 0 spiro atoms. The van der Waals surface area contributed by atoms with E-state index in [1.54, 1.807) is 29.7 Å². The van der Waals surface area contributed by atoms with E-state index in [0.29, 0.717) is 23.9 Å². The van der Waals surface area contributed by atoms with Crippen LogP contribution in [0.2, 0.25) is 5.02 Å². The topological polar surface area (TPSA) is 65.0 Å². The Kier molecular flexibility index (Phi) is 4.45. The highest BCUT2D eigenvalue weighted by atomic mass is 35.5. The molecule has 0 atom stereocenters. The van der Waals surface area contributed by atoms with Gasteiger partial charge in [-0.05, 0) is 24.3 Å². The molecular formula is C18H12ClN3O2S. The van der Waals surface area contributed by atoms with Crippen molar-refractivity contribution in [3.05, 3.63) is 76.0 Å². The highest BCUT2D eigenvalue weighted by Crippen LogP contribution is 2.33. The van der Waals surface area contributed by atoms with Gasteiger partial charge in [0.1, 0.15) is 5.76 Å². The third-order valence-electron chi connectivity index (χ3n) is 3.46. The first-order valence-electron chi connectivity index (χ1n) is 7.53. The van der Waals surface area contributed by atoms with Gasteiger partial charge < -0.3 is 9.05 Å². The Morgan fingerprint density at radius 2 is 1.96 bits per heavy atom. The molecule has 4 rings (SSSR count). The zero-order chi connectivity index (χ0) is 17.1. The number of benzene rings is 1. The van der Waals surface area contributed by atoms with Gasteiger partial charge >= 0.3 is 0 Å². The summed E-state index contributed by atoms with van der Waals surface area (Å²) in [6.45, 7) is 0. The van der Waals surface area contributed by atoms with Crippen molar-refractivity contribution in [3.8, 4) is 10.4 Å². The van der Waals surface area contributed by atoms with Crippen molar-refractivity contribution >= 4 is 35.1 Å². The fraction of sp³-hybridized carbons (Fsp3) is 0.0556. The van der Waals surface area contributed by atoms with Gasteiger partial charge in [-0.2, -0.15) is 4.98 Å². The molecule has 3 aromatic heterocycles. The molecule has 0 amide bonds. The molecule has 0 saturated carbocycles. The van der Waals surface area contributed by atoms with Gasteiger partial charge in [-0.25, -0.2) is 0 Å². The van der Waals surface area contributed by atoms with Crippen molar-refractivity contribution in [2.45, 2.75) is 6.42 Å². The number of nitrogens with zero attached hydrogens (tertiary/aromatic N) is 3. The van der Waals surface area contributed by atoms with Crippen molar-refractivity contribution in [1.29, 1.82) is 0 Å². The van der Waals surface area contributed by atoms with Gasteiger partial charge in [0.05, 0.1) is 12.6 Å². The zero-order valence-electron chi connectivity index (χ0n) is 12.9. The van der Waals surface area contributed by atoms with Crippen LogP contribution >= 0.6 is 22.9 Å². The third kappa shape index (κ3) is 3.70. The van der Waals surface area contributed by atoms with Gasteiger partial charge in [0.15, 0.2) is 5.82 Å². The first kappa shape index (κ1) is 15.8. The van der Waals surface area contributed by atoms with E-state index in [0.717, 1.165) is 20.3 Å². The van der Waals surface area contributed by atoms with Crippen LogP contribution in [0.1, 0.15) is 22.4 Å². The molecule has 0 fully saturated rings. The summed E-state index contributed by atoms with van der Waals surface area (Å²) in [5.41, 5.74) is 1.03. The summed E-state index contributed by atoms with van der Waals surface area (Å²) in [5, 5.41) is 8.32. The number of rotatable bonds is 5. The fourth-order valence-electron chi connectivity index (χ4n) is 2.30. The molecule has 5 nitrogen and oxygen atoms in total. The summed E-state index contributed by atoms with van der Waals surface area (Å²) >= 11 is 7.89. The Hall–Kier alpha value is -2.70. The Labute approximate surface area is 152 Å². The number of halogens is 1. The molecule has 124 valence electrons. The van der Waals surface area contributed by atoms with E-state index in [1.807, 2.05) is 36.4 Å². The minimum absolute atomic E-state index is 0.446. The van der Waals surface area contributed by atoms with Crippen LogP contribution < -0.4 is 0 Å². The summed E-state index contributed by atoms with van der Waals surface area (Å²) in [6.07, 6.45) is 5.77. The van der Waals surface area contributed by atoms with E-state index < -0.39 is 0 Å². The second-order valence-corrected chi connectivity index (χ2v) is 6.74. The number of hydrogen-bond acceptors (Lipinski definition) is 6. The number of aromatic nitrogens is 3. The second-order valence-electron chi connectivity index (χ2n) is 5.22. The predicted octanol–water partition coefficient (Wildman–Crippen LogP) is 5.20. The van der Waals surface area contributed by atoms with Crippen LogP contribution in [0, 0.1) is 0 Å². The normalized spacial score (nSPS) is 11.4. The van der Waals surface area contributed by atoms with Crippen LogP contribution in [0.3, 0.4) is 0 Å². The average Bonchev–Trinajstić information content (AvgIpc) is 3.36. The molecule has 3 heterocycles. The van der Waals surface area contributed by atoms with E-state index >= 15 is 0 Å². The largest absolute Gasteiger partial charge is 0.361 e. The maximum atomic E-state index is 6.25. The highest BCUT2D eigenvalue weighted by molar-refractivity contribution is 7.16. The molecule has 0 bridgehead atoms. The summed E-state index contributed by atoms with van der Waals surface area (Å²) in [5.74, 6) is 1.69. The molecule has 0 saturated heterocycles. The van der Waals surface area contributed by atoms with Crippen molar-refractivity contribution in [2.24, 2.45) is 0 Å². The smallest absolute Gasteiger partial charge is 0.250 e. The zero-order valence-corrected chi connectivity index (χ0v) is 14.5. The Balaban J connectivity index is 1.47. The Bertz CT molecular complexity index is 1000. The molecule has 4 aromatic rings. The Morgan fingerprint density at radius 3 is 2.80 bits per heavy atom. The molecule has 0 aliphatic carbocycles. The fourth-order valence-corrected chi connectivity index (χ4v) is 3.54. The molecule has 0 aliphatic rings. The van der Waals surface area contributed by atoms with E-state index in [1.165, 1.54) is 0 Å². The van der Waals surface area contributed by atoms with E-state index in [9.17, 15) is 0 Å². The Morgan fingerprint density at radius 1 is 1.04 bits per heavy atom. The average molecular weight is 370 g/mol. The minimum Gasteiger partial charge on any atom is -0.361 e. The van der Waals surface area contributed by atoms with E-state index in [4.69, 9.17) is 20.6 Å². The van der Waals surface area contributed by atoms with Crippen molar-refractivity contribution in [2.75, 3.05) is 0 Å². The predicted molar refractivity (Wildman–Crippen MR) is 97.3 cm³/mol. The molecule has 0 aliphatic heterocycles. The molecule has 1 aromatic carbocycles. The highest BCUT2D eigenvalue weighted by Gasteiger charge is 2.08. The summed E-state index contributed by atoms with van der Waals surface area (Å²) in [7, 11) is 0. The standard InChI is InChI=1S/C18H12ClN3O2S/c19-15-4-2-1-3-14(15)16-7-5-13(25-16)6-8-18-21-17(22-24-18)11-12-9-10-20-23-12/h1-10H,11H2/b8-6+. The van der Waals surface area contributed by atoms with Crippen LogP contribution in [0.5, 0.6) is 0 Å². The van der Waals surface area contributed by atoms with Gasteiger partial charge in [0.2, 0.25) is 0 Å². The lowest BCUT2D eigenvalue weighted by Gasteiger charge is -1.99. The van der Waals surface area contributed by atoms with Crippen LogP contribution in [-0.4, -0.2) is 15.3 Å².